The van der Waals surface area contributed by atoms with Gasteiger partial charge in [0.1, 0.15) is 5.41 Å². The summed E-state index contributed by atoms with van der Waals surface area (Å²) >= 11 is 0. The zero-order chi connectivity index (χ0) is 15.6. The zero-order valence-electron chi connectivity index (χ0n) is 12.6. The van der Waals surface area contributed by atoms with E-state index in [0.29, 0.717) is 31.8 Å². The Labute approximate surface area is 124 Å². The maximum Gasteiger partial charge on any atom is 0.236 e. The second-order valence-electron chi connectivity index (χ2n) is 6.18. The van der Waals surface area contributed by atoms with E-state index in [1.165, 1.54) is 0 Å². The minimum absolute atomic E-state index is 0.0472. The summed E-state index contributed by atoms with van der Waals surface area (Å²) in [5, 5.41) is 14.9. The number of piperidine rings is 2. The molecule has 118 valence electrons. The quantitative estimate of drug-likeness (QED) is 0.301. The monoisotopic (exact) mass is 296 g/mol. The summed E-state index contributed by atoms with van der Waals surface area (Å²) in [5.74, 6) is 0.254. The number of oxime groups is 1. The van der Waals surface area contributed by atoms with Gasteiger partial charge in [-0.2, -0.15) is 0 Å². The third kappa shape index (κ3) is 2.82. The molecule has 3 unspecified atom stereocenters. The number of nitrogens with one attached hydrogen (secondary N) is 1. The average molecular weight is 296 g/mol. The van der Waals surface area contributed by atoms with Crippen molar-refractivity contribution in [3.8, 4) is 0 Å². The molecule has 2 rings (SSSR count). The molecule has 2 aliphatic heterocycles. The van der Waals surface area contributed by atoms with Gasteiger partial charge in [0, 0.05) is 25.6 Å². The van der Waals surface area contributed by atoms with E-state index >= 15 is 0 Å². The number of fused-ring (bicyclic) bond motifs is 1. The lowest BCUT2D eigenvalue weighted by molar-refractivity contribution is -0.141. The molecule has 0 radical (unpaired) electrons. The normalized spacial score (nSPS) is 29.3. The summed E-state index contributed by atoms with van der Waals surface area (Å²) in [5.41, 5.74) is 4.74. The largest absolute Gasteiger partial charge is 0.409 e. The van der Waals surface area contributed by atoms with Gasteiger partial charge in [-0.1, -0.05) is 12.1 Å². The molecule has 7 nitrogen and oxygen atoms in total. The fourth-order valence-corrected chi connectivity index (χ4v) is 3.20. The van der Waals surface area contributed by atoms with Gasteiger partial charge in [0.25, 0.3) is 0 Å². The summed E-state index contributed by atoms with van der Waals surface area (Å²) in [7, 11) is 0. The first kappa shape index (κ1) is 15.6. The highest BCUT2D eigenvalue weighted by molar-refractivity contribution is 6.06. The number of carbonyl (C=O) groups is 2. The van der Waals surface area contributed by atoms with E-state index in [1.807, 2.05) is 6.92 Å². The number of hydrogen-bond acceptors (Lipinski definition) is 4. The van der Waals surface area contributed by atoms with Gasteiger partial charge in [-0.15, -0.1) is 0 Å². The van der Waals surface area contributed by atoms with Crippen molar-refractivity contribution in [3.05, 3.63) is 0 Å². The first-order chi connectivity index (χ1) is 9.92. The number of carbonyl (C=O) groups excluding carboxylic acids is 2. The van der Waals surface area contributed by atoms with Crippen LogP contribution in [0.1, 0.15) is 39.5 Å². The van der Waals surface area contributed by atoms with E-state index < -0.39 is 5.41 Å². The van der Waals surface area contributed by atoms with E-state index in [4.69, 9.17) is 10.9 Å². The molecule has 2 heterocycles. The molecular formula is C14H24N4O3. The van der Waals surface area contributed by atoms with Crippen molar-refractivity contribution in [2.75, 3.05) is 13.1 Å². The predicted molar refractivity (Wildman–Crippen MR) is 77.7 cm³/mol. The Bertz CT molecular complexity index is 465. The molecule has 4 N–H and O–H groups in total. The standard InChI is InChI=1S/C14H24N4O3/c1-3-14(2,12(15)17-21)13(20)18-7-6-10-9(8-18)4-5-11(19)16-10/h9-10,21H,3-8H2,1-2H3,(H2,15,17)(H,16,19). The van der Waals surface area contributed by atoms with Crippen LogP contribution in [-0.2, 0) is 9.59 Å². The van der Waals surface area contributed by atoms with Crippen molar-refractivity contribution in [2.24, 2.45) is 22.2 Å². The molecule has 0 spiro atoms. The second kappa shape index (κ2) is 5.91. The first-order valence-electron chi connectivity index (χ1n) is 7.49. The highest BCUT2D eigenvalue weighted by Crippen LogP contribution is 2.30. The van der Waals surface area contributed by atoms with Crippen LogP contribution in [0.25, 0.3) is 0 Å². The molecule has 3 atom stereocenters. The number of rotatable bonds is 3. The summed E-state index contributed by atoms with van der Waals surface area (Å²) in [6, 6.07) is 0.173. The topological polar surface area (TPSA) is 108 Å². The van der Waals surface area contributed by atoms with Gasteiger partial charge in [-0.25, -0.2) is 0 Å². The van der Waals surface area contributed by atoms with E-state index in [1.54, 1.807) is 11.8 Å². The first-order valence-corrected chi connectivity index (χ1v) is 7.49. The summed E-state index contributed by atoms with van der Waals surface area (Å²) in [6.45, 7) is 4.77. The number of nitrogens with two attached hydrogens (primary N) is 1. The molecular weight excluding hydrogens is 272 g/mol. The fraction of sp³-hybridized carbons (Fsp3) is 0.786. The van der Waals surface area contributed by atoms with Gasteiger partial charge in [0.15, 0.2) is 5.84 Å². The summed E-state index contributed by atoms with van der Waals surface area (Å²) < 4.78 is 0. The van der Waals surface area contributed by atoms with Gasteiger partial charge in [-0.05, 0) is 32.1 Å². The van der Waals surface area contributed by atoms with Crippen LogP contribution >= 0.6 is 0 Å². The lowest BCUT2D eigenvalue weighted by Crippen LogP contribution is -2.58. The SMILES string of the molecule is CCC(C)(C(=O)N1CCC2NC(=O)CCC2C1)C(N)=NO. The van der Waals surface area contributed by atoms with Gasteiger partial charge < -0.3 is 21.2 Å². The van der Waals surface area contributed by atoms with Crippen molar-refractivity contribution in [1.82, 2.24) is 10.2 Å². The molecule has 0 aliphatic carbocycles. The number of likely N-dealkylation sites (tertiary alicyclic amines) is 1. The van der Waals surface area contributed by atoms with Gasteiger partial charge in [-0.3, -0.25) is 9.59 Å². The van der Waals surface area contributed by atoms with E-state index in [0.717, 1.165) is 12.8 Å². The molecule has 2 fully saturated rings. The lowest BCUT2D eigenvalue weighted by Gasteiger charge is -2.43. The average Bonchev–Trinajstić information content (AvgIpc) is 2.51. The Morgan fingerprint density at radius 2 is 2.29 bits per heavy atom. The van der Waals surface area contributed by atoms with Crippen molar-refractivity contribution >= 4 is 17.6 Å². The number of amidine groups is 1. The van der Waals surface area contributed by atoms with Crippen LogP contribution in [0.3, 0.4) is 0 Å². The van der Waals surface area contributed by atoms with Crippen molar-refractivity contribution in [2.45, 2.75) is 45.6 Å². The molecule has 2 saturated heterocycles. The van der Waals surface area contributed by atoms with Crippen molar-refractivity contribution in [1.29, 1.82) is 0 Å². The zero-order valence-corrected chi connectivity index (χ0v) is 12.6. The van der Waals surface area contributed by atoms with Gasteiger partial charge >= 0.3 is 0 Å². The highest BCUT2D eigenvalue weighted by Gasteiger charge is 2.43. The van der Waals surface area contributed by atoms with Crippen LogP contribution in [0.5, 0.6) is 0 Å². The van der Waals surface area contributed by atoms with Crippen LogP contribution in [-0.4, -0.2) is 46.9 Å². The molecule has 0 aromatic heterocycles. The van der Waals surface area contributed by atoms with Crippen LogP contribution in [0.2, 0.25) is 0 Å². The van der Waals surface area contributed by atoms with Crippen molar-refractivity contribution < 1.29 is 14.8 Å². The predicted octanol–water partition coefficient (Wildman–Crippen LogP) is 0.276. The Kier molecular flexibility index (Phi) is 4.39. The highest BCUT2D eigenvalue weighted by atomic mass is 16.4. The number of hydrogen-bond donors (Lipinski definition) is 3. The molecule has 7 heteroatoms. The molecule has 0 aromatic carbocycles. The van der Waals surface area contributed by atoms with Gasteiger partial charge in [0.2, 0.25) is 11.8 Å². The lowest BCUT2D eigenvalue weighted by atomic mass is 9.81. The Balaban J connectivity index is 2.09. The van der Waals surface area contributed by atoms with Crippen LogP contribution in [0, 0.1) is 11.3 Å². The van der Waals surface area contributed by atoms with Crippen molar-refractivity contribution in [3.63, 3.8) is 0 Å². The van der Waals surface area contributed by atoms with Crippen LogP contribution in [0.4, 0.5) is 0 Å². The maximum absolute atomic E-state index is 12.8. The maximum atomic E-state index is 12.8. The van der Waals surface area contributed by atoms with Crippen LogP contribution < -0.4 is 11.1 Å². The molecule has 2 amide bonds. The second-order valence-corrected chi connectivity index (χ2v) is 6.18. The van der Waals surface area contributed by atoms with E-state index in [9.17, 15) is 9.59 Å². The molecule has 0 bridgehead atoms. The fourth-order valence-electron chi connectivity index (χ4n) is 3.20. The van der Waals surface area contributed by atoms with E-state index in [-0.39, 0.29) is 23.7 Å². The van der Waals surface area contributed by atoms with E-state index in [2.05, 4.69) is 10.5 Å². The Morgan fingerprint density at radius 3 is 2.90 bits per heavy atom. The molecule has 21 heavy (non-hydrogen) atoms. The molecule has 2 aliphatic rings. The van der Waals surface area contributed by atoms with Gasteiger partial charge in [0.05, 0.1) is 0 Å². The molecule has 0 saturated carbocycles. The smallest absolute Gasteiger partial charge is 0.236 e. The third-order valence-corrected chi connectivity index (χ3v) is 4.96. The molecule has 0 aromatic rings. The Hall–Kier alpha value is -1.79. The number of nitrogens with zero attached hydrogens (tertiary/aromatic N) is 2. The minimum atomic E-state index is -0.973. The third-order valence-electron chi connectivity index (χ3n) is 4.96. The Morgan fingerprint density at radius 1 is 1.57 bits per heavy atom. The summed E-state index contributed by atoms with van der Waals surface area (Å²) in [6.07, 6.45) is 2.57. The minimum Gasteiger partial charge on any atom is -0.409 e. The summed E-state index contributed by atoms with van der Waals surface area (Å²) in [4.78, 5) is 26.0. The number of amides is 2. The van der Waals surface area contributed by atoms with Crippen LogP contribution in [0.15, 0.2) is 5.16 Å².